The van der Waals surface area contributed by atoms with E-state index in [2.05, 4.69) is 16.3 Å². The van der Waals surface area contributed by atoms with Crippen LogP contribution in [0.3, 0.4) is 0 Å². The first kappa shape index (κ1) is 5.28. The molecule has 1 aromatic heterocycles. The molecule has 0 aromatic carbocycles. The Balaban J connectivity index is 2.84. The van der Waals surface area contributed by atoms with Gasteiger partial charge in [-0.2, -0.15) is 0 Å². The van der Waals surface area contributed by atoms with Crippen molar-refractivity contribution in [3.8, 4) is 0 Å². The first-order valence-corrected chi connectivity index (χ1v) is 2.15. The normalized spacial score (nSPS) is 9.75. The number of aromatic nitrogens is 1. The minimum atomic E-state index is -0.657. The molecule has 0 saturated heterocycles. The predicted molar refractivity (Wildman–Crippen MR) is 25.8 cm³/mol. The van der Waals surface area contributed by atoms with Crippen LogP contribution in [-0.4, -0.2) is 4.98 Å². The van der Waals surface area contributed by atoms with Crippen LogP contribution in [0, 0.1) is 6.92 Å². The third-order valence-electron chi connectivity index (χ3n) is 0.714. The summed E-state index contributed by atoms with van der Waals surface area (Å²) in [7, 11) is 0. The molecule has 8 heavy (non-hydrogen) atoms. The molecule has 3 heteroatoms. The van der Waals surface area contributed by atoms with Crippen molar-refractivity contribution in [1.29, 1.82) is 0 Å². The zero-order valence-corrected chi connectivity index (χ0v) is 4.22. The molecule has 1 rings (SSSR count). The zero-order valence-electron chi connectivity index (χ0n) is 4.22. The number of halogens is 1. The molecule has 0 aliphatic rings. The van der Waals surface area contributed by atoms with Crippen LogP contribution in [-0.2, 0) is 6.67 Å². The quantitative estimate of drug-likeness (QED) is 0.550. The molecule has 2 nitrogen and oxygen atoms in total. The number of hydrogen-bond acceptors (Lipinski definition) is 2. The molecule has 0 aliphatic heterocycles. The van der Waals surface area contributed by atoms with Crippen LogP contribution in [0.25, 0.3) is 0 Å². The fraction of sp³-hybridized carbons (Fsp3) is 0.200. The molecular formula is C5H5FNO. The fourth-order valence-electron chi connectivity index (χ4n) is 0.410. The second-order valence-corrected chi connectivity index (χ2v) is 1.37. The average molecular weight is 114 g/mol. The molecule has 0 saturated carbocycles. The van der Waals surface area contributed by atoms with Gasteiger partial charge >= 0.3 is 0 Å². The second kappa shape index (κ2) is 1.94. The van der Waals surface area contributed by atoms with Gasteiger partial charge in [0.1, 0.15) is 6.26 Å². The highest BCUT2D eigenvalue weighted by Crippen LogP contribution is 2.00. The molecule has 0 aliphatic carbocycles. The van der Waals surface area contributed by atoms with E-state index in [0.717, 1.165) is 0 Å². The monoisotopic (exact) mass is 114 g/mol. The van der Waals surface area contributed by atoms with E-state index >= 15 is 0 Å². The van der Waals surface area contributed by atoms with Crippen LogP contribution in [0.15, 0.2) is 10.7 Å². The highest BCUT2D eigenvalue weighted by atomic mass is 19.1. The van der Waals surface area contributed by atoms with Crippen molar-refractivity contribution < 1.29 is 8.81 Å². The third kappa shape index (κ3) is 0.857. The van der Waals surface area contributed by atoms with E-state index in [9.17, 15) is 4.39 Å². The highest BCUT2D eigenvalue weighted by Gasteiger charge is 1.95. The Morgan fingerprint density at radius 2 is 2.62 bits per heavy atom. The van der Waals surface area contributed by atoms with Crippen molar-refractivity contribution in [3.05, 3.63) is 24.8 Å². The summed E-state index contributed by atoms with van der Waals surface area (Å²) in [6, 6.07) is 0. The maximum absolute atomic E-state index is 11.6. The SMILES string of the molecule is [CH2]c1coc(CF)n1. The molecule has 0 amide bonds. The topological polar surface area (TPSA) is 26.0 Å². The van der Waals surface area contributed by atoms with Gasteiger partial charge in [0.15, 0.2) is 6.67 Å². The summed E-state index contributed by atoms with van der Waals surface area (Å²) in [6.07, 6.45) is 1.31. The molecule has 1 radical (unpaired) electrons. The lowest BCUT2D eigenvalue weighted by Gasteiger charge is -1.75. The Bertz CT molecular complexity index is 173. The van der Waals surface area contributed by atoms with E-state index < -0.39 is 6.67 Å². The van der Waals surface area contributed by atoms with Crippen LogP contribution < -0.4 is 0 Å². The molecular weight excluding hydrogens is 109 g/mol. The maximum atomic E-state index is 11.6. The van der Waals surface area contributed by atoms with Crippen molar-refractivity contribution in [2.75, 3.05) is 0 Å². The summed E-state index contributed by atoms with van der Waals surface area (Å²) in [6.45, 7) is 2.76. The lowest BCUT2D eigenvalue weighted by Crippen LogP contribution is -1.75. The van der Waals surface area contributed by atoms with Crippen LogP contribution in [0.2, 0.25) is 0 Å². The van der Waals surface area contributed by atoms with Crippen molar-refractivity contribution in [2.24, 2.45) is 0 Å². The lowest BCUT2D eigenvalue weighted by atomic mass is 10.6. The van der Waals surface area contributed by atoms with Crippen LogP contribution in [0.1, 0.15) is 11.6 Å². The molecule has 43 valence electrons. The molecule has 0 bridgehead atoms. The van der Waals surface area contributed by atoms with E-state index in [4.69, 9.17) is 0 Å². The first-order valence-electron chi connectivity index (χ1n) is 2.15. The minimum Gasteiger partial charge on any atom is -0.446 e. The Morgan fingerprint density at radius 3 is 2.88 bits per heavy atom. The van der Waals surface area contributed by atoms with Crippen molar-refractivity contribution in [2.45, 2.75) is 6.67 Å². The second-order valence-electron chi connectivity index (χ2n) is 1.37. The van der Waals surface area contributed by atoms with E-state index in [0.29, 0.717) is 5.69 Å². The van der Waals surface area contributed by atoms with Crippen LogP contribution in [0.5, 0.6) is 0 Å². The Labute approximate surface area is 46.3 Å². The van der Waals surface area contributed by atoms with Gasteiger partial charge in [-0.15, -0.1) is 0 Å². The summed E-state index contributed by atoms with van der Waals surface area (Å²) in [4.78, 5) is 3.58. The van der Waals surface area contributed by atoms with Gasteiger partial charge in [0.05, 0.1) is 5.69 Å². The largest absolute Gasteiger partial charge is 0.446 e. The van der Waals surface area contributed by atoms with Crippen LogP contribution >= 0.6 is 0 Å². The van der Waals surface area contributed by atoms with Gasteiger partial charge in [-0.05, 0) is 6.92 Å². The lowest BCUT2D eigenvalue weighted by molar-refractivity contribution is 0.380. The van der Waals surface area contributed by atoms with Gasteiger partial charge < -0.3 is 4.42 Å². The summed E-state index contributed by atoms with van der Waals surface area (Å²) in [5.74, 6) is 0.0926. The number of alkyl halides is 1. The number of hydrogen-bond donors (Lipinski definition) is 0. The molecule has 1 aromatic rings. The summed E-state index contributed by atoms with van der Waals surface area (Å²) in [5.41, 5.74) is 0.470. The fourth-order valence-corrected chi connectivity index (χ4v) is 0.410. The molecule has 0 unspecified atom stereocenters. The Kier molecular flexibility index (Phi) is 1.28. The molecule has 0 spiro atoms. The zero-order chi connectivity index (χ0) is 5.98. The first-order chi connectivity index (χ1) is 3.83. The van der Waals surface area contributed by atoms with E-state index in [1.807, 2.05) is 0 Å². The summed E-state index contributed by atoms with van der Waals surface area (Å²) in [5, 5.41) is 0. The molecule has 0 fully saturated rings. The van der Waals surface area contributed by atoms with E-state index in [1.54, 1.807) is 0 Å². The van der Waals surface area contributed by atoms with Crippen molar-refractivity contribution >= 4 is 0 Å². The Morgan fingerprint density at radius 1 is 1.88 bits per heavy atom. The maximum Gasteiger partial charge on any atom is 0.225 e. The van der Waals surface area contributed by atoms with Gasteiger partial charge in [0, 0.05) is 0 Å². The number of oxazole rings is 1. The van der Waals surface area contributed by atoms with Crippen molar-refractivity contribution in [1.82, 2.24) is 4.98 Å². The van der Waals surface area contributed by atoms with Gasteiger partial charge in [-0.25, -0.2) is 9.37 Å². The summed E-state index contributed by atoms with van der Waals surface area (Å²) < 4.78 is 16.1. The Hall–Kier alpha value is -0.860. The minimum absolute atomic E-state index is 0.0926. The molecule has 0 atom stereocenters. The van der Waals surface area contributed by atoms with E-state index in [1.165, 1.54) is 6.26 Å². The standard InChI is InChI=1S/C5H5FNO/c1-4-3-8-5(2-6)7-4/h3H,1-2H2. The van der Waals surface area contributed by atoms with Crippen LogP contribution in [0.4, 0.5) is 4.39 Å². The molecule has 1 heterocycles. The number of rotatable bonds is 1. The van der Waals surface area contributed by atoms with Gasteiger partial charge in [-0.3, -0.25) is 0 Å². The van der Waals surface area contributed by atoms with Crippen molar-refractivity contribution in [3.63, 3.8) is 0 Å². The predicted octanol–water partition coefficient (Wildman–Crippen LogP) is 1.33. The van der Waals surface area contributed by atoms with Gasteiger partial charge in [0.2, 0.25) is 5.89 Å². The highest BCUT2D eigenvalue weighted by molar-refractivity contribution is 4.98. The third-order valence-corrected chi connectivity index (χ3v) is 0.714. The smallest absolute Gasteiger partial charge is 0.225 e. The average Bonchev–Trinajstić information content (AvgIpc) is 2.14. The number of nitrogens with zero attached hydrogens (tertiary/aromatic N) is 1. The van der Waals surface area contributed by atoms with Gasteiger partial charge in [0.25, 0.3) is 0 Å². The summed E-state index contributed by atoms with van der Waals surface area (Å²) >= 11 is 0. The van der Waals surface area contributed by atoms with Gasteiger partial charge in [-0.1, -0.05) is 0 Å². The molecule has 0 N–H and O–H groups in total. The van der Waals surface area contributed by atoms with E-state index in [-0.39, 0.29) is 5.89 Å².